The van der Waals surface area contributed by atoms with Crippen LogP contribution in [0, 0.1) is 5.82 Å². The lowest BCUT2D eigenvalue weighted by molar-refractivity contribution is -0.126. The molecular weight excluding hydrogens is 429 g/mol. The van der Waals surface area contributed by atoms with Gasteiger partial charge in [-0.15, -0.1) is 0 Å². The summed E-state index contributed by atoms with van der Waals surface area (Å²) in [5, 5.41) is 10.3. The van der Waals surface area contributed by atoms with Gasteiger partial charge < -0.3 is 10.2 Å². The average Bonchev–Trinajstić information content (AvgIpc) is 3.42. The number of benzene rings is 2. The van der Waals surface area contributed by atoms with Gasteiger partial charge in [0.05, 0.1) is 29.2 Å². The van der Waals surface area contributed by atoms with Gasteiger partial charge in [-0.2, -0.15) is 5.10 Å². The highest BCUT2D eigenvalue weighted by molar-refractivity contribution is 6.02. The van der Waals surface area contributed by atoms with Crippen LogP contribution in [0.25, 0.3) is 10.8 Å². The van der Waals surface area contributed by atoms with E-state index in [0.717, 1.165) is 4.90 Å². The van der Waals surface area contributed by atoms with E-state index in [9.17, 15) is 23.6 Å². The number of amides is 4. The second-order valence-corrected chi connectivity index (χ2v) is 8.15. The monoisotopic (exact) mass is 449 g/mol. The zero-order chi connectivity index (χ0) is 23.1. The fourth-order valence-electron chi connectivity index (χ4n) is 4.46. The maximum atomic E-state index is 14.6. The Hall–Kier alpha value is -4.08. The number of nitrogens with zero attached hydrogens (tertiary/aromatic N) is 3. The first-order valence-corrected chi connectivity index (χ1v) is 10.6. The summed E-state index contributed by atoms with van der Waals surface area (Å²) in [6, 6.07) is 10.5. The van der Waals surface area contributed by atoms with Gasteiger partial charge in [-0.1, -0.05) is 24.3 Å². The molecule has 4 amide bonds. The Bertz CT molecular complexity index is 1340. The highest BCUT2D eigenvalue weighted by Gasteiger charge is 2.40. The summed E-state index contributed by atoms with van der Waals surface area (Å²) in [6.45, 7) is 0.428. The third kappa shape index (κ3) is 3.73. The lowest BCUT2D eigenvalue weighted by Crippen LogP contribution is -2.43. The van der Waals surface area contributed by atoms with Gasteiger partial charge in [-0.05, 0) is 30.2 Å². The van der Waals surface area contributed by atoms with Crippen molar-refractivity contribution in [1.29, 1.82) is 0 Å². The molecule has 0 aliphatic carbocycles. The quantitative estimate of drug-likeness (QED) is 0.585. The van der Waals surface area contributed by atoms with Crippen LogP contribution in [-0.4, -0.2) is 63.5 Å². The Balaban J connectivity index is 1.38. The Morgan fingerprint density at radius 2 is 1.91 bits per heavy atom. The van der Waals surface area contributed by atoms with Crippen molar-refractivity contribution in [3.05, 3.63) is 75.5 Å². The molecule has 1 atom stereocenters. The molecule has 9 nitrogen and oxygen atoms in total. The average molecular weight is 449 g/mol. The topological polar surface area (TPSA) is 115 Å². The van der Waals surface area contributed by atoms with E-state index in [1.807, 2.05) is 6.07 Å². The standard InChI is InChI=1S/C23H20FN5O4/c24-18-6-5-13(10-19-15-3-1-2-4-16(15)21(31)27-26-19)9-17(18)22(32)28-8-7-14(12-28)29-20(30)11-25-23(29)33/h1-6,9,14H,7-8,10-12H2,(H,25,33)(H,27,31)/t14-/m1/s1. The van der Waals surface area contributed by atoms with Gasteiger partial charge in [0.2, 0.25) is 5.91 Å². The van der Waals surface area contributed by atoms with E-state index in [4.69, 9.17) is 0 Å². The van der Waals surface area contributed by atoms with Crippen molar-refractivity contribution in [1.82, 2.24) is 25.3 Å². The van der Waals surface area contributed by atoms with Crippen LogP contribution < -0.4 is 10.9 Å². The number of hydrogen-bond acceptors (Lipinski definition) is 5. The number of urea groups is 1. The molecule has 0 radical (unpaired) electrons. The zero-order valence-corrected chi connectivity index (χ0v) is 17.5. The van der Waals surface area contributed by atoms with E-state index in [1.54, 1.807) is 24.3 Å². The largest absolute Gasteiger partial charge is 0.336 e. The first-order valence-electron chi connectivity index (χ1n) is 10.6. The van der Waals surface area contributed by atoms with Crippen LogP contribution in [0.5, 0.6) is 0 Å². The molecule has 0 unspecified atom stereocenters. The predicted molar refractivity (Wildman–Crippen MR) is 116 cm³/mol. The minimum absolute atomic E-state index is 0.0482. The van der Waals surface area contributed by atoms with Crippen molar-refractivity contribution < 1.29 is 18.8 Å². The van der Waals surface area contributed by atoms with Crippen molar-refractivity contribution in [3.63, 3.8) is 0 Å². The molecule has 3 aromatic rings. The number of H-pyrrole nitrogens is 1. The summed E-state index contributed by atoms with van der Waals surface area (Å²) in [5.74, 6) is -1.47. The van der Waals surface area contributed by atoms with Gasteiger partial charge in [0.15, 0.2) is 0 Å². The smallest absolute Gasteiger partial charge is 0.324 e. The van der Waals surface area contributed by atoms with Crippen LogP contribution in [0.15, 0.2) is 47.3 Å². The number of imide groups is 1. The summed E-state index contributed by atoms with van der Waals surface area (Å²) in [4.78, 5) is 51.6. The number of nitrogens with one attached hydrogen (secondary N) is 2. The molecule has 3 heterocycles. The number of halogens is 1. The molecule has 2 aromatic carbocycles. The lowest BCUT2D eigenvalue weighted by Gasteiger charge is -2.22. The van der Waals surface area contributed by atoms with Crippen molar-refractivity contribution in [3.8, 4) is 0 Å². The number of carbonyl (C=O) groups is 3. The minimum Gasteiger partial charge on any atom is -0.336 e. The molecular formula is C23H20FN5O4. The molecule has 2 saturated heterocycles. The molecule has 2 fully saturated rings. The summed E-state index contributed by atoms with van der Waals surface area (Å²) < 4.78 is 14.6. The SMILES string of the molecule is O=C(c1cc(Cc2n[nH]c(=O)c3ccccc23)ccc1F)N1CC[C@@H](N2C(=O)CNC2=O)C1. The number of carbonyl (C=O) groups excluding carboxylic acids is 3. The first kappa shape index (κ1) is 20.8. The normalized spacial score (nSPS) is 18.3. The summed E-state index contributed by atoms with van der Waals surface area (Å²) in [6.07, 6.45) is 0.739. The molecule has 1 aromatic heterocycles. The number of fused-ring (bicyclic) bond motifs is 1. The fourth-order valence-corrected chi connectivity index (χ4v) is 4.46. The van der Waals surface area contributed by atoms with Crippen molar-refractivity contribution in [2.24, 2.45) is 0 Å². The molecule has 168 valence electrons. The molecule has 0 spiro atoms. The Morgan fingerprint density at radius 1 is 1.12 bits per heavy atom. The summed E-state index contributed by atoms with van der Waals surface area (Å²) in [5.41, 5.74) is 0.890. The molecule has 33 heavy (non-hydrogen) atoms. The van der Waals surface area contributed by atoms with E-state index in [2.05, 4.69) is 15.5 Å². The Kier molecular flexibility index (Phi) is 5.12. The second kappa shape index (κ2) is 8.12. The van der Waals surface area contributed by atoms with Crippen molar-refractivity contribution in [2.75, 3.05) is 19.6 Å². The van der Waals surface area contributed by atoms with E-state index >= 15 is 0 Å². The number of hydrogen-bond donors (Lipinski definition) is 2. The lowest BCUT2D eigenvalue weighted by atomic mass is 10.0. The summed E-state index contributed by atoms with van der Waals surface area (Å²) in [7, 11) is 0. The van der Waals surface area contributed by atoms with Crippen LogP contribution in [0.4, 0.5) is 9.18 Å². The molecule has 0 bridgehead atoms. The Morgan fingerprint density at radius 3 is 2.67 bits per heavy atom. The number of likely N-dealkylation sites (tertiary alicyclic amines) is 1. The van der Waals surface area contributed by atoms with Crippen molar-refractivity contribution in [2.45, 2.75) is 18.9 Å². The second-order valence-electron chi connectivity index (χ2n) is 8.15. The molecule has 2 N–H and O–H groups in total. The van der Waals surface area contributed by atoms with Gasteiger partial charge >= 0.3 is 6.03 Å². The molecule has 2 aliphatic heterocycles. The third-order valence-corrected chi connectivity index (χ3v) is 6.10. The fraction of sp³-hybridized carbons (Fsp3) is 0.261. The van der Waals surface area contributed by atoms with E-state index in [1.165, 1.54) is 17.0 Å². The van der Waals surface area contributed by atoms with Gasteiger partial charge in [0.25, 0.3) is 11.5 Å². The summed E-state index contributed by atoms with van der Waals surface area (Å²) >= 11 is 0. The number of aromatic nitrogens is 2. The third-order valence-electron chi connectivity index (χ3n) is 6.10. The maximum absolute atomic E-state index is 14.6. The van der Waals surface area contributed by atoms with Crippen LogP contribution in [0.3, 0.4) is 0 Å². The molecule has 0 saturated carbocycles. The number of aromatic amines is 1. The first-order chi connectivity index (χ1) is 15.9. The zero-order valence-electron chi connectivity index (χ0n) is 17.5. The van der Waals surface area contributed by atoms with Crippen molar-refractivity contribution >= 4 is 28.6 Å². The van der Waals surface area contributed by atoms with Crippen LogP contribution in [0.2, 0.25) is 0 Å². The predicted octanol–water partition coefficient (Wildman–Crippen LogP) is 1.42. The van der Waals surface area contributed by atoms with Gasteiger partial charge in [-0.3, -0.25) is 19.3 Å². The van der Waals surface area contributed by atoms with Gasteiger partial charge in [0.1, 0.15) is 5.82 Å². The van der Waals surface area contributed by atoms with E-state index < -0.39 is 23.8 Å². The molecule has 5 rings (SSSR count). The minimum atomic E-state index is -0.651. The maximum Gasteiger partial charge on any atom is 0.324 e. The van der Waals surface area contributed by atoms with E-state index in [0.29, 0.717) is 41.4 Å². The number of rotatable bonds is 4. The molecule has 2 aliphatic rings. The van der Waals surface area contributed by atoms with Gasteiger partial charge in [-0.25, -0.2) is 14.3 Å². The Labute approximate surface area is 187 Å². The molecule has 10 heteroatoms. The van der Waals surface area contributed by atoms with Crippen LogP contribution in [-0.2, 0) is 11.2 Å². The van der Waals surface area contributed by atoms with E-state index in [-0.39, 0.29) is 30.1 Å². The van der Waals surface area contributed by atoms with Crippen LogP contribution in [0.1, 0.15) is 28.0 Å². The van der Waals surface area contributed by atoms with Gasteiger partial charge in [0, 0.05) is 24.9 Å². The van der Waals surface area contributed by atoms with Crippen LogP contribution >= 0.6 is 0 Å². The highest BCUT2D eigenvalue weighted by atomic mass is 19.1. The highest BCUT2D eigenvalue weighted by Crippen LogP contribution is 2.23.